The fourth-order valence-electron chi connectivity index (χ4n) is 5.45. The van der Waals surface area contributed by atoms with E-state index in [2.05, 4.69) is 0 Å². The van der Waals surface area contributed by atoms with E-state index in [1.165, 1.54) is 48.5 Å². The first-order valence-corrected chi connectivity index (χ1v) is 11.7. The van der Waals surface area contributed by atoms with E-state index < -0.39 is 32.5 Å². The highest BCUT2D eigenvalue weighted by atomic mass is 16.6. The molecule has 2 aliphatic rings. The van der Waals surface area contributed by atoms with Gasteiger partial charge in [-0.2, -0.15) is 0 Å². The molecule has 188 valence electrons. The molecule has 0 N–H and O–H groups in total. The van der Waals surface area contributed by atoms with Gasteiger partial charge in [-0.15, -0.1) is 0 Å². The smallest absolute Gasteiger partial charge is 0.270 e. The summed E-state index contributed by atoms with van der Waals surface area (Å²) in [6.45, 7) is 3.96. The van der Waals surface area contributed by atoms with Gasteiger partial charge in [0.2, 0.25) is 0 Å². The van der Waals surface area contributed by atoms with E-state index in [-0.39, 0.29) is 54.5 Å². The first kappa shape index (κ1) is 25.0. The summed E-state index contributed by atoms with van der Waals surface area (Å²) in [5.74, 6) is -0.799. The average molecular weight is 495 g/mol. The van der Waals surface area contributed by atoms with Crippen LogP contribution in [0.2, 0.25) is 0 Å². The van der Waals surface area contributed by atoms with Crippen molar-refractivity contribution in [1.82, 2.24) is 9.80 Å². The first-order chi connectivity index (χ1) is 17.1. The molecule has 2 fully saturated rings. The van der Waals surface area contributed by atoms with E-state index in [0.717, 1.165) is 0 Å². The Bertz CT molecular complexity index is 1170. The highest BCUT2D eigenvalue weighted by molar-refractivity contribution is 6.01. The van der Waals surface area contributed by atoms with Crippen LogP contribution in [-0.2, 0) is 4.79 Å². The summed E-state index contributed by atoms with van der Waals surface area (Å²) in [4.78, 5) is 65.0. The summed E-state index contributed by atoms with van der Waals surface area (Å²) in [6, 6.07) is 11.0. The second kappa shape index (κ2) is 9.14. The Morgan fingerprint density at radius 2 is 1.14 bits per heavy atom. The van der Waals surface area contributed by atoms with Gasteiger partial charge in [0.1, 0.15) is 0 Å². The normalized spacial score (nSPS) is 23.3. The molecule has 0 spiro atoms. The Balaban J connectivity index is 1.68. The first-order valence-electron chi connectivity index (χ1n) is 11.7. The van der Waals surface area contributed by atoms with Crippen LogP contribution < -0.4 is 0 Å². The van der Waals surface area contributed by atoms with Crippen molar-refractivity contribution >= 4 is 29.0 Å². The molecule has 0 atom stereocenters. The molecule has 0 aliphatic carbocycles. The van der Waals surface area contributed by atoms with Gasteiger partial charge in [0, 0.05) is 61.6 Å². The monoisotopic (exact) mass is 494 g/mol. The number of carbonyl (C=O) groups excluding carboxylic acids is 3. The number of piperidine rings is 2. The Hall–Kier alpha value is -4.15. The molecule has 2 bridgehead atoms. The van der Waals surface area contributed by atoms with E-state index in [0.29, 0.717) is 12.8 Å². The number of rotatable bonds is 6. The van der Waals surface area contributed by atoms with Crippen LogP contribution in [0.5, 0.6) is 0 Å². The number of non-ortho nitro benzene ring substituents is 2. The molecule has 2 saturated heterocycles. The lowest BCUT2D eigenvalue weighted by Gasteiger charge is -2.57. The van der Waals surface area contributed by atoms with E-state index in [9.17, 15) is 34.6 Å². The molecule has 11 nitrogen and oxygen atoms in total. The van der Waals surface area contributed by atoms with Gasteiger partial charge in [-0.3, -0.25) is 34.6 Å². The number of nitro benzene ring substituents is 2. The largest absolute Gasteiger partial charge is 0.336 e. The van der Waals surface area contributed by atoms with Gasteiger partial charge in [-0.05, 0) is 25.0 Å². The van der Waals surface area contributed by atoms with Crippen molar-refractivity contribution in [3.8, 4) is 0 Å². The van der Waals surface area contributed by atoms with E-state index in [4.69, 9.17) is 0 Å². The lowest BCUT2D eigenvalue weighted by molar-refractivity contribution is -0.385. The van der Waals surface area contributed by atoms with Crippen molar-refractivity contribution in [2.75, 3.05) is 26.2 Å². The Morgan fingerprint density at radius 3 is 1.44 bits per heavy atom. The van der Waals surface area contributed by atoms with Gasteiger partial charge in [0.25, 0.3) is 23.2 Å². The minimum absolute atomic E-state index is 0.00573. The molecular weight excluding hydrogens is 468 g/mol. The highest BCUT2D eigenvalue weighted by Gasteiger charge is 2.60. The third-order valence-corrected chi connectivity index (χ3v) is 7.47. The molecule has 2 aliphatic heterocycles. The summed E-state index contributed by atoms with van der Waals surface area (Å²) in [7, 11) is 0. The van der Waals surface area contributed by atoms with E-state index in [1.807, 2.05) is 13.8 Å². The Morgan fingerprint density at radius 1 is 0.778 bits per heavy atom. The Labute approximate surface area is 207 Å². The lowest BCUT2D eigenvalue weighted by Crippen LogP contribution is -2.71. The van der Waals surface area contributed by atoms with Crippen molar-refractivity contribution in [1.29, 1.82) is 0 Å². The number of hydrogen-bond acceptors (Lipinski definition) is 7. The summed E-state index contributed by atoms with van der Waals surface area (Å²) >= 11 is 0. The van der Waals surface area contributed by atoms with Crippen LogP contribution in [0.15, 0.2) is 48.5 Å². The predicted octanol–water partition coefficient (Wildman–Crippen LogP) is 3.48. The number of amides is 2. The molecule has 2 amide bonds. The number of fused-ring (bicyclic) bond motifs is 2. The number of Topliss-reactive ketones (excluding diaryl/α,β-unsaturated/α-hetero) is 1. The van der Waals surface area contributed by atoms with Gasteiger partial charge in [0.15, 0.2) is 5.78 Å². The summed E-state index contributed by atoms with van der Waals surface area (Å²) in [5.41, 5.74) is -2.09. The fourth-order valence-corrected chi connectivity index (χ4v) is 5.45. The minimum atomic E-state index is -1.01. The zero-order valence-corrected chi connectivity index (χ0v) is 20.0. The maximum atomic E-state index is 13.8. The average Bonchev–Trinajstić information content (AvgIpc) is 2.88. The predicted molar refractivity (Wildman–Crippen MR) is 128 cm³/mol. The van der Waals surface area contributed by atoms with Crippen LogP contribution in [0, 0.1) is 31.1 Å². The van der Waals surface area contributed by atoms with Gasteiger partial charge >= 0.3 is 0 Å². The van der Waals surface area contributed by atoms with Crippen LogP contribution in [0.3, 0.4) is 0 Å². The maximum Gasteiger partial charge on any atom is 0.270 e. The summed E-state index contributed by atoms with van der Waals surface area (Å²) in [6.07, 6.45) is 0.760. The second-order valence-electron chi connectivity index (χ2n) is 9.53. The number of nitrogens with zero attached hydrogens (tertiary/aromatic N) is 4. The molecule has 11 heteroatoms. The van der Waals surface area contributed by atoms with Crippen molar-refractivity contribution in [3.05, 3.63) is 79.9 Å². The second-order valence-corrected chi connectivity index (χ2v) is 9.53. The molecule has 0 unspecified atom stereocenters. The molecule has 2 aromatic rings. The zero-order chi connectivity index (χ0) is 26.3. The molecule has 0 saturated carbocycles. The minimum Gasteiger partial charge on any atom is -0.336 e. The quantitative estimate of drug-likeness (QED) is 0.442. The van der Waals surface area contributed by atoms with Gasteiger partial charge in [0.05, 0.1) is 20.7 Å². The van der Waals surface area contributed by atoms with Crippen LogP contribution in [0.1, 0.15) is 47.4 Å². The molecule has 2 heterocycles. The van der Waals surface area contributed by atoms with Crippen molar-refractivity contribution < 1.29 is 24.2 Å². The number of nitro groups is 2. The van der Waals surface area contributed by atoms with Gasteiger partial charge in [-0.1, -0.05) is 26.0 Å². The van der Waals surface area contributed by atoms with E-state index >= 15 is 0 Å². The third kappa shape index (κ3) is 4.10. The SMILES string of the molecule is CCC12CN(C(=O)c3cccc([N+](=O)[O-])c3)CC(CC)(CN(C(=O)c3cccc([N+](=O)[O-])c3)C1)C2=O. The van der Waals surface area contributed by atoms with Crippen LogP contribution in [0.4, 0.5) is 11.4 Å². The standard InChI is InChI=1S/C25H26N4O7/c1-3-24-13-26(21(30)17-7-5-9-19(11-17)28(33)34)15-25(4-2,23(24)32)16-27(14-24)22(31)18-8-6-10-20(12-18)29(35)36/h5-12H,3-4,13-16H2,1-2H3. The van der Waals surface area contributed by atoms with Crippen LogP contribution >= 0.6 is 0 Å². The number of benzene rings is 2. The van der Waals surface area contributed by atoms with Crippen molar-refractivity contribution in [3.63, 3.8) is 0 Å². The highest BCUT2D eigenvalue weighted by Crippen LogP contribution is 2.47. The molecule has 36 heavy (non-hydrogen) atoms. The number of ketones is 1. The van der Waals surface area contributed by atoms with Crippen LogP contribution in [-0.4, -0.2) is 63.4 Å². The third-order valence-electron chi connectivity index (χ3n) is 7.47. The van der Waals surface area contributed by atoms with Crippen molar-refractivity contribution in [2.45, 2.75) is 26.7 Å². The fraction of sp³-hybridized carbons (Fsp3) is 0.400. The van der Waals surface area contributed by atoms with Gasteiger partial charge in [-0.25, -0.2) is 0 Å². The summed E-state index contributed by atoms with van der Waals surface area (Å²) in [5, 5.41) is 22.4. The molecular formula is C25H26N4O7. The number of hydrogen-bond donors (Lipinski definition) is 0. The molecule has 2 aromatic carbocycles. The number of likely N-dealkylation sites (tertiary alicyclic amines) is 2. The lowest BCUT2D eigenvalue weighted by atomic mass is 9.60. The molecule has 0 aromatic heterocycles. The number of carbonyl (C=O) groups is 3. The Kier molecular flexibility index (Phi) is 6.33. The maximum absolute atomic E-state index is 13.8. The van der Waals surface area contributed by atoms with Crippen molar-refractivity contribution in [2.24, 2.45) is 10.8 Å². The summed E-state index contributed by atoms with van der Waals surface area (Å²) < 4.78 is 0. The zero-order valence-electron chi connectivity index (χ0n) is 20.0. The van der Waals surface area contributed by atoms with Gasteiger partial charge < -0.3 is 9.80 Å². The molecule has 4 rings (SSSR count). The molecule has 0 radical (unpaired) electrons. The topological polar surface area (TPSA) is 144 Å². The van der Waals surface area contributed by atoms with Crippen LogP contribution in [0.25, 0.3) is 0 Å². The van der Waals surface area contributed by atoms with E-state index in [1.54, 1.807) is 9.80 Å².